The first-order valence-corrected chi connectivity index (χ1v) is 7.64. The second kappa shape index (κ2) is 5.99. The number of hydrogen-bond donors (Lipinski definition) is 1. The molecule has 0 aromatic carbocycles. The molecule has 1 aromatic heterocycles. The van der Waals surface area contributed by atoms with Crippen LogP contribution in [0.5, 0.6) is 0 Å². The Bertz CT molecular complexity index is 375. The van der Waals surface area contributed by atoms with Crippen LogP contribution in [0.1, 0.15) is 31.7 Å². The van der Waals surface area contributed by atoms with Gasteiger partial charge in [-0.2, -0.15) is 0 Å². The minimum absolute atomic E-state index is 0.561. The van der Waals surface area contributed by atoms with Crippen molar-refractivity contribution in [3.63, 3.8) is 0 Å². The van der Waals surface area contributed by atoms with E-state index in [1.807, 2.05) is 4.68 Å². The van der Waals surface area contributed by atoms with Gasteiger partial charge in [0.25, 0.3) is 0 Å². The van der Waals surface area contributed by atoms with Crippen LogP contribution >= 0.6 is 11.8 Å². The summed E-state index contributed by atoms with van der Waals surface area (Å²) in [6, 6.07) is 1.18. The van der Waals surface area contributed by atoms with Gasteiger partial charge >= 0.3 is 0 Å². The van der Waals surface area contributed by atoms with Gasteiger partial charge in [0.05, 0.1) is 6.04 Å². The largest absolute Gasteiger partial charge is 0.381 e. The molecule has 2 heterocycles. The third kappa shape index (κ3) is 3.21. The van der Waals surface area contributed by atoms with Crippen LogP contribution < -0.4 is 5.32 Å². The van der Waals surface area contributed by atoms with Crippen molar-refractivity contribution in [2.24, 2.45) is 0 Å². The molecular weight excluding hydrogens is 250 g/mol. The highest BCUT2D eigenvalue weighted by Crippen LogP contribution is 2.36. The summed E-state index contributed by atoms with van der Waals surface area (Å²) < 4.78 is 7.31. The van der Waals surface area contributed by atoms with Crippen molar-refractivity contribution in [1.29, 1.82) is 0 Å². The minimum Gasteiger partial charge on any atom is -0.381 e. The van der Waals surface area contributed by atoms with Crippen molar-refractivity contribution in [2.45, 2.75) is 42.9 Å². The highest BCUT2D eigenvalue weighted by Gasteiger charge is 2.27. The number of nitrogens with one attached hydrogen (secondary N) is 1. The second-order valence-electron chi connectivity index (χ2n) is 4.83. The van der Waals surface area contributed by atoms with Crippen LogP contribution in [0.15, 0.2) is 5.16 Å². The monoisotopic (exact) mass is 269 g/mol. The van der Waals surface area contributed by atoms with Crippen LogP contribution in [-0.4, -0.2) is 51.8 Å². The zero-order valence-electron chi connectivity index (χ0n) is 10.4. The van der Waals surface area contributed by atoms with Crippen LogP contribution in [0.4, 0.5) is 0 Å². The lowest BCUT2D eigenvalue weighted by Gasteiger charge is -2.22. The van der Waals surface area contributed by atoms with Gasteiger partial charge in [-0.3, -0.25) is 0 Å². The van der Waals surface area contributed by atoms with Crippen LogP contribution in [0.25, 0.3) is 0 Å². The average Bonchev–Trinajstić information content (AvgIpc) is 3.16. The molecule has 0 amide bonds. The van der Waals surface area contributed by atoms with E-state index in [1.54, 1.807) is 11.8 Å². The fourth-order valence-electron chi connectivity index (χ4n) is 2.14. The lowest BCUT2D eigenvalue weighted by Crippen LogP contribution is -2.36. The van der Waals surface area contributed by atoms with Crippen LogP contribution in [-0.2, 0) is 4.74 Å². The molecule has 6 nitrogen and oxygen atoms in total. The maximum Gasteiger partial charge on any atom is 0.209 e. The van der Waals surface area contributed by atoms with Gasteiger partial charge in [-0.25, -0.2) is 4.68 Å². The van der Waals surface area contributed by atoms with Gasteiger partial charge in [0.1, 0.15) is 0 Å². The molecule has 1 aromatic rings. The van der Waals surface area contributed by atoms with Gasteiger partial charge in [-0.15, -0.1) is 5.10 Å². The van der Waals surface area contributed by atoms with E-state index < -0.39 is 0 Å². The minimum atomic E-state index is 0.561. The van der Waals surface area contributed by atoms with E-state index in [9.17, 15) is 0 Å². The summed E-state index contributed by atoms with van der Waals surface area (Å²) in [4.78, 5) is 0. The Labute approximate surface area is 111 Å². The van der Waals surface area contributed by atoms with E-state index >= 15 is 0 Å². The molecule has 1 saturated carbocycles. The topological polar surface area (TPSA) is 64.9 Å². The summed E-state index contributed by atoms with van der Waals surface area (Å²) >= 11 is 1.74. The van der Waals surface area contributed by atoms with Crippen LogP contribution in [0.3, 0.4) is 0 Å². The highest BCUT2D eigenvalue weighted by atomic mass is 32.2. The first-order chi connectivity index (χ1) is 8.93. The van der Waals surface area contributed by atoms with Gasteiger partial charge in [-0.05, 0) is 36.1 Å². The third-order valence-electron chi connectivity index (χ3n) is 3.34. The van der Waals surface area contributed by atoms with Crippen molar-refractivity contribution in [3.8, 4) is 0 Å². The highest BCUT2D eigenvalue weighted by molar-refractivity contribution is 7.99. The molecule has 18 heavy (non-hydrogen) atoms. The summed E-state index contributed by atoms with van der Waals surface area (Å²) in [6.45, 7) is 2.79. The molecule has 2 fully saturated rings. The molecule has 100 valence electrons. The van der Waals surface area contributed by atoms with Crippen molar-refractivity contribution >= 4 is 11.8 Å². The number of hydrogen-bond acceptors (Lipinski definition) is 6. The quantitative estimate of drug-likeness (QED) is 0.610. The SMILES string of the molecule is C(CSc1nnnn1C1CC1)NC1CCOCC1. The van der Waals surface area contributed by atoms with Crippen molar-refractivity contribution in [3.05, 3.63) is 0 Å². The number of ether oxygens (including phenoxy) is 1. The Morgan fingerprint density at radius 1 is 1.28 bits per heavy atom. The summed E-state index contributed by atoms with van der Waals surface area (Å²) in [7, 11) is 0. The van der Waals surface area contributed by atoms with Gasteiger partial charge in [0.2, 0.25) is 5.16 Å². The molecule has 1 saturated heterocycles. The normalized spacial score (nSPS) is 21.3. The Kier molecular flexibility index (Phi) is 4.12. The van der Waals surface area contributed by atoms with E-state index in [0.717, 1.165) is 43.5 Å². The Morgan fingerprint density at radius 3 is 2.89 bits per heavy atom. The van der Waals surface area contributed by atoms with E-state index in [0.29, 0.717) is 12.1 Å². The smallest absolute Gasteiger partial charge is 0.209 e. The van der Waals surface area contributed by atoms with Gasteiger partial charge in [0.15, 0.2) is 0 Å². The third-order valence-corrected chi connectivity index (χ3v) is 4.28. The Balaban J connectivity index is 1.37. The molecule has 1 aliphatic heterocycles. The van der Waals surface area contributed by atoms with Gasteiger partial charge in [0, 0.05) is 31.6 Å². The number of thioether (sulfide) groups is 1. The zero-order chi connectivity index (χ0) is 12.2. The predicted octanol–water partition coefficient (Wildman–Crippen LogP) is 0.869. The standard InChI is InChI=1S/C11H19N5OS/c1-2-10(1)16-11(13-14-15-16)18-8-5-12-9-3-6-17-7-4-9/h9-10,12H,1-8H2. The number of rotatable bonds is 6. The van der Waals surface area contributed by atoms with Crippen molar-refractivity contribution < 1.29 is 4.74 Å². The number of aromatic nitrogens is 4. The predicted molar refractivity (Wildman–Crippen MR) is 68.7 cm³/mol. The molecule has 2 aliphatic rings. The van der Waals surface area contributed by atoms with E-state index in [2.05, 4.69) is 20.8 Å². The Hall–Kier alpha value is -0.660. The second-order valence-corrected chi connectivity index (χ2v) is 5.89. The lowest BCUT2D eigenvalue weighted by molar-refractivity contribution is 0.0786. The molecule has 0 spiro atoms. The number of tetrazole rings is 1. The van der Waals surface area contributed by atoms with Crippen LogP contribution in [0.2, 0.25) is 0 Å². The zero-order valence-corrected chi connectivity index (χ0v) is 11.2. The molecule has 1 aliphatic carbocycles. The van der Waals surface area contributed by atoms with Crippen LogP contribution in [0, 0.1) is 0 Å². The van der Waals surface area contributed by atoms with Crippen molar-refractivity contribution in [1.82, 2.24) is 25.5 Å². The van der Waals surface area contributed by atoms with E-state index in [1.165, 1.54) is 12.8 Å². The van der Waals surface area contributed by atoms with E-state index in [-0.39, 0.29) is 0 Å². The number of nitrogens with zero attached hydrogens (tertiary/aromatic N) is 4. The molecular formula is C11H19N5OS. The summed E-state index contributed by atoms with van der Waals surface area (Å²) in [5.74, 6) is 1.02. The lowest BCUT2D eigenvalue weighted by atomic mass is 10.1. The molecule has 0 bridgehead atoms. The first-order valence-electron chi connectivity index (χ1n) is 6.65. The molecule has 0 atom stereocenters. The summed E-state index contributed by atoms with van der Waals surface area (Å²) in [5, 5.41) is 16.4. The fourth-order valence-corrected chi connectivity index (χ4v) is 2.95. The maximum atomic E-state index is 5.34. The first kappa shape index (κ1) is 12.4. The fraction of sp³-hybridized carbons (Fsp3) is 0.909. The average molecular weight is 269 g/mol. The molecule has 0 unspecified atom stereocenters. The van der Waals surface area contributed by atoms with E-state index in [4.69, 9.17) is 4.74 Å². The Morgan fingerprint density at radius 2 is 2.11 bits per heavy atom. The molecule has 7 heteroatoms. The summed E-state index contributed by atoms with van der Waals surface area (Å²) in [6.07, 6.45) is 4.70. The molecule has 1 N–H and O–H groups in total. The van der Waals surface area contributed by atoms with Crippen molar-refractivity contribution in [2.75, 3.05) is 25.5 Å². The summed E-state index contributed by atoms with van der Waals surface area (Å²) in [5.41, 5.74) is 0. The molecule has 3 rings (SSSR count). The molecule has 0 radical (unpaired) electrons. The van der Waals surface area contributed by atoms with Gasteiger partial charge < -0.3 is 10.1 Å². The maximum absolute atomic E-state index is 5.34. The van der Waals surface area contributed by atoms with Gasteiger partial charge in [-0.1, -0.05) is 11.8 Å².